The minimum Gasteiger partial charge on any atom is -0.242 e. The Morgan fingerprint density at radius 2 is 1.48 bits per heavy atom. The van der Waals surface area contributed by atoms with Crippen molar-refractivity contribution in [3.05, 3.63) is 77.3 Å². The zero-order chi connectivity index (χ0) is 18.6. The van der Waals surface area contributed by atoms with Gasteiger partial charge in [-0.1, -0.05) is 46.3 Å². The Balaban J connectivity index is 2.00. The van der Waals surface area contributed by atoms with Gasteiger partial charge < -0.3 is 0 Å². The highest BCUT2D eigenvalue weighted by Gasteiger charge is 2.25. The largest absolute Gasteiger partial charge is 0.269 e. The predicted molar refractivity (Wildman–Crippen MR) is 109 cm³/mol. The molecule has 0 aliphatic carbocycles. The third kappa shape index (κ3) is 2.46. The van der Waals surface area contributed by atoms with Crippen LogP contribution in [0.25, 0.3) is 33.1 Å². The van der Waals surface area contributed by atoms with Crippen molar-refractivity contribution in [1.29, 1.82) is 0 Å². The zero-order valence-corrected chi connectivity index (χ0v) is 16.3. The van der Waals surface area contributed by atoms with Crippen LogP contribution in [0.15, 0.2) is 82.2 Å². The van der Waals surface area contributed by atoms with E-state index in [0.29, 0.717) is 22.2 Å². The third-order valence-electron chi connectivity index (χ3n) is 4.46. The van der Waals surface area contributed by atoms with Gasteiger partial charge in [0.2, 0.25) is 0 Å². The fraction of sp³-hybridized carbons (Fsp3) is 0. The molecule has 7 heteroatoms. The Kier molecular flexibility index (Phi) is 3.57. The van der Waals surface area contributed by atoms with E-state index in [2.05, 4.69) is 20.9 Å². The highest BCUT2D eigenvalue weighted by molar-refractivity contribution is 9.10. The second-order valence-corrected chi connectivity index (χ2v) is 8.83. The molecular weight excluding hydrogens is 426 g/mol. The predicted octanol–water partition coefficient (Wildman–Crippen LogP) is 4.74. The van der Waals surface area contributed by atoms with Crippen molar-refractivity contribution in [2.75, 3.05) is 0 Å². The van der Waals surface area contributed by atoms with Crippen LogP contribution >= 0.6 is 15.9 Å². The van der Waals surface area contributed by atoms with Crippen LogP contribution < -0.4 is 0 Å². The van der Waals surface area contributed by atoms with E-state index < -0.39 is 10.0 Å². The monoisotopic (exact) mass is 437 g/mol. The van der Waals surface area contributed by atoms with E-state index in [0.717, 1.165) is 15.4 Å². The van der Waals surface area contributed by atoms with Gasteiger partial charge in [-0.15, -0.1) is 0 Å². The first-order valence-corrected chi connectivity index (χ1v) is 10.5. The van der Waals surface area contributed by atoms with Gasteiger partial charge in [0.25, 0.3) is 10.0 Å². The Labute approximate surface area is 163 Å². The maximum atomic E-state index is 13.4. The van der Waals surface area contributed by atoms with E-state index in [1.807, 2.05) is 36.4 Å². The Morgan fingerprint density at radius 3 is 2.22 bits per heavy atom. The van der Waals surface area contributed by atoms with Crippen LogP contribution in [0.4, 0.5) is 0 Å². The summed E-state index contributed by atoms with van der Waals surface area (Å²) in [5, 5.41) is 0.733. The molecule has 2 aromatic heterocycles. The molecular formula is C20H12BrN3O2S. The summed E-state index contributed by atoms with van der Waals surface area (Å²) in [7, 11) is -3.83. The maximum absolute atomic E-state index is 13.4. The maximum Gasteiger partial charge on any atom is 0.269 e. The van der Waals surface area contributed by atoms with Gasteiger partial charge in [0.05, 0.1) is 21.4 Å². The summed E-state index contributed by atoms with van der Waals surface area (Å²) in [6.07, 6.45) is 0. The molecule has 0 unspecified atom stereocenters. The lowest BCUT2D eigenvalue weighted by atomic mass is 10.2. The number of halogens is 1. The average Bonchev–Trinajstić information content (AvgIpc) is 3.00. The smallest absolute Gasteiger partial charge is 0.242 e. The summed E-state index contributed by atoms with van der Waals surface area (Å²) in [6.45, 7) is 0. The van der Waals surface area contributed by atoms with Crippen LogP contribution in [0.3, 0.4) is 0 Å². The first kappa shape index (κ1) is 16.4. The molecule has 0 spiro atoms. The molecule has 0 aliphatic rings. The van der Waals surface area contributed by atoms with Gasteiger partial charge >= 0.3 is 0 Å². The lowest BCUT2D eigenvalue weighted by molar-refractivity contribution is 0.590. The van der Waals surface area contributed by atoms with Crippen LogP contribution in [0.5, 0.6) is 0 Å². The normalized spacial score (nSPS) is 12.2. The molecule has 5 nitrogen and oxygen atoms in total. The first-order valence-electron chi connectivity index (χ1n) is 8.23. The number of nitrogens with zero attached hydrogens (tertiary/aromatic N) is 3. The molecule has 2 heterocycles. The molecule has 5 aromatic rings. The lowest BCUT2D eigenvalue weighted by Gasteiger charge is -2.08. The van der Waals surface area contributed by atoms with Crippen LogP contribution in [0, 0.1) is 0 Å². The lowest BCUT2D eigenvalue weighted by Crippen LogP contribution is -2.13. The number of hydrogen-bond donors (Lipinski definition) is 0. The fourth-order valence-corrected chi connectivity index (χ4v) is 5.09. The number of benzene rings is 3. The Morgan fingerprint density at radius 1 is 0.815 bits per heavy atom. The van der Waals surface area contributed by atoms with E-state index in [4.69, 9.17) is 4.98 Å². The average molecular weight is 438 g/mol. The van der Waals surface area contributed by atoms with Gasteiger partial charge in [-0.25, -0.2) is 22.4 Å². The van der Waals surface area contributed by atoms with E-state index in [1.165, 1.54) is 3.97 Å². The minimum atomic E-state index is -3.83. The van der Waals surface area contributed by atoms with E-state index >= 15 is 0 Å². The summed E-state index contributed by atoms with van der Waals surface area (Å²) in [4.78, 5) is 9.56. The molecule has 0 fully saturated rings. The molecule has 0 aliphatic heterocycles. The van der Waals surface area contributed by atoms with Crippen molar-refractivity contribution in [2.45, 2.75) is 4.90 Å². The summed E-state index contributed by atoms with van der Waals surface area (Å²) in [5.74, 6) is 0. The van der Waals surface area contributed by atoms with Crippen LogP contribution in [-0.4, -0.2) is 22.4 Å². The van der Waals surface area contributed by atoms with Crippen molar-refractivity contribution in [3.8, 4) is 0 Å². The number of para-hydroxylation sites is 2. The quantitative estimate of drug-likeness (QED) is 0.400. The van der Waals surface area contributed by atoms with Gasteiger partial charge in [-0.05, 0) is 42.5 Å². The number of fused-ring (bicyclic) bond motifs is 4. The standard InChI is InChI=1S/C20H12BrN3O2S/c21-13-10-11-18-15(12-13)19-20(23-17-9-5-4-8-16(17)22-19)24(18)27(25,26)14-6-2-1-3-7-14/h1-12H. The molecule has 0 atom stereocenters. The second kappa shape index (κ2) is 5.87. The van der Waals surface area contributed by atoms with Crippen LogP contribution in [-0.2, 0) is 10.0 Å². The van der Waals surface area contributed by atoms with Crippen molar-refractivity contribution in [2.24, 2.45) is 0 Å². The first-order chi connectivity index (χ1) is 13.1. The molecule has 0 saturated heterocycles. The molecule has 0 amide bonds. The summed E-state index contributed by atoms with van der Waals surface area (Å²) >= 11 is 3.47. The van der Waals surface area contributed by atoms with Crippen molar-refractivity contribution < 1.29 is 8.42 Å². The van der Waals surface area contributed by atoms with Gasteiger partial charge in [-0.3, -0.25) is 0 Å². The summed E-state index contributed by atoms with van der Waals surface area (Å²) in [5.41, 5.74) is 2.81. The molecule has 27 heavy (non-hydrogen) atoms. The fourth-order valence-electron chi connectivity index (χ4n) is 3.24. The Hall–Kier alpha value is -2.77. The van der Waals surface area contributed by atoms with E-state index in [9.17, 15) is 8.42 Å². The van der Waals surface area contributed by atoms with Crippen LogP contribution in [0.1, 0.15) is 0 Å². The van der Waals surface area contributed by atoms with Gasteiger partial charge in [0.15, 0.2) is 5.65 Å². The number of hydrogen-bond acceptors (Lipinski definition) is 4. The molecule has 0 N–H and O–H groups in total. The Bertz CT molecular complexity index is 1440. The number of rotatable bonds is 2. The highest BCUT2D eigenvalue weighted by atomic mass is 79.9. The topological polar surface area (TPSA) is 64.8 Å². The second-order valence-electron chi connectivity index (χ2n) is 6.13. The molecule has 132 valence electrons. The zero-order valence-electron chi connectivity index (χ0n) is 13.9. The van der Waals surface area contributed by atoms with Crippen LogP contribution in [0.2, 0.25) is 0 Å². The van der Waals surface area contributed by atoms with Crippen molar-refractivity contribution in [1.82, 2.24) is 13.9 Å². The molecule has 3 aromatic carbocycles. The van der Waals surface area contributed by atoms with Gasteiger partial charge in [0, 0.05) is 9.86 Å². The van der Waals surface area contributed by atoms with Crippen molar-refractivity contribution in [3.63, 3.8) is 0 Å². The SMILES string of the molecule is O=S(=O)(c1ccccc1)n1c2ccc(Br)cc2c2nc3ccccc3nc21. The molecule has 0 saturated carbocycles. The third-order valence-corrected chi connectivity index (χ3v) is 6.67. The molecule has 0 radical (unpaired) electrons. The highest BCUT2D eigenvalue weighted by Crippen LogP contribution is 2.33. The van der Waals surface area contributed by atoms with E-state index in [1.54, 1.807) is 36.4 Å². The summed E-state index contributed by atoms with van der Waals surface area (Å²) in [6, 6.07) is 21.3. The van der Waals surface area contributed by atoms with Crippen molar-refractivity contribution >= 4 is 59.1 Å². The molecule has 0 bridgehead atoms. The minimum absolute atomic E-state index is 0.210. The molecule has 5 rings (SSSR count). The van der Waals surface area contributed by atoms with E-state index in [-0.39, 0.29) is 4.90 Å². The summed E-state index contributed by atoms with van der Waals surface area (Å²) < 4.78 is 29.0. The van der Waals surface area contributed by atoms with Gasteiger partial charge in [0.1, 0.15) is 5.52 Å². The van der Waals surface area contributed by atoms with Gasteiger partial charge in [-0.2, -0.15) is 0 Å². The number of aromatic nitrogens is 3.